The first kappa shape index (κ1) is 10.8. The molecule has 0 aliphatic heterocycles. The highest BCUT2D eigenvalue weighted by Gasteiger charge is 2.07. The summed E-state index contributed by atoms with van der Waals surface area (Å²) in [6.07, 6.45) is 4.81. The maximum absolute atomic E-state index is 5.95. The van der Waals surface area contributed by atoms with Gasteiger partial charge in [0, 0.05) is 19.8 Å². The van der Waals surface area contributed by atoms with E-state index in [2.05, 4.69) is 10.1 Å². The van der Waals surface area contributed by atoms with Gasteiger partial charge in [0.25, 0.3) is 0 Å². The Labute approximate surface area is 105 Å². The van der Waals surface area contributed by atoms with Crippen molar-refractivity contribution in [2.45, 2.75) is 13.0 Å². The van der Waals surface area contributed by atoms with Gasteiger partial charge in [-0.15, -0.1) is 0 Å². The Hall–Kier alpha value is -2.30. The smallest absolute Gasteiger partial charge is 0.201 e. The average molecular weight is 241 g/mol. The Morgan fingerprint density at radius 1 is 1.28 bits per heavy atom. The van der Waals surface area contributed by atoms with Gasteiger partial charge in [0.05, 0.1) is 17.2 Å². The van der Waals surface area contributed by atoms with Gasteiger partial charge < -0.3 is 10.3 Å². The number of aryl methyl sites for hydroxylation is 3. The molecule has 5 heteroatoms. The number of nitrogen functional groups attached to an aromatic ring is 1. The fourth-order valence-electron chi connectivity index (χ4n) is 2.17. The third-order valence-electron chi connectivity index (χ3n) is 3.07. The van der Waals surface area contributed by atoms with E-state index >= 15 is 0 Å². The largest absolute Gasteiger partial charge is 0.369 e. The fraction of sp³-hybridized carbons (Fsp3) is 0.231. The number of imidazole rings is 1. The van der Waals surface area contributed by atoms with Crippen LogP contribution in [0, 0.1) is 0 Å². The molecule has 0 saturated carbocycles. The monoisotopic (exact) mass is 241 g/mol. The lowest BCUT2D eigenvalue weighted by Gasteiger charge is -2.04. The molecule has 3 aromatic rings. The molecule has 5 nitrogen and oxygen atoms in total. The van der Waals surface area contributed by atoms with Crippen LogP contribution >= 0.6 is 0 Å². The van der Waals surface area contributed by atoms with Crippen molar-refractivity contribution >= 4 is 17.0 Å². The summed E-state index contributed by atoms with van der Waals surface area (Å²) in [5, 5.41) is 4.16. The second-order valence-electron chi connectivity index (χ2n) is 4.38. The van der Waals surface area contributed by atoms with E-state index in [1.165, 1.54) is 5.56 Å². The second-order valence-corrected chi connectivity index (χ2v) is 4.38. The zero-order valence-corrected chi connectivity index (χ0v) is 10.2. The van der Waals surface area contributed by atoms with E-state index in [0.29, 0.717) is 5.95 Å². The standard InChI is InChI=1S/C13H15N5/c1-17-9-10(8-15-17)6-7-18-12-5-3-2-4-11(12)16-13(18)14/h2-5,8-9H,6-7H2,1H3,(H2,14,16). The fourth-order valence-corrected chi connectivity index (χ4v) is 2.17. The number of nitrogens with zero attached hydrogens (tertiary/aromatic N) is 4. The lowest BCUT2D eigenvalue weighted by atomic mass is 10.2. The summed E-state index contributed by atoms with van der Waals surface area (Å²) in [7, 11) is 1.92. The highest BCUT2D eigenvalue weighted by molar-refractivity contribution is 5.78. The first-order valence-corrected chi connectivity index (χ1v) is 5.92. The van der Waals surface area contributed by atoms with E-state index in [0.717, 1.165) is 24.0 Å². The van der Waals surface area contributed by atoms with E-state index in [9.17, 15) is 0 Å². The maximum Gasteiger partial charge on any atom is 0.201 e. The van der Waals surface area contributed by atoms with Crippen LogP contribution in [0.2, 0.25) is 0 Å². The van der Waals surface area contributed by atoms with Crippen LogP contribution in [0.3, 0.4) is 0 Å². The van der Waals surface area contributed by atoms with Gasteiger partial charge in [-0.05, 0) is 24.1 Å². The molecular weight excluding hydrogens is 226 g/mol. The van der Waals surface area contributed by atoms with Crippen LogP contribution < -0.4 is 5.73 Å². The van der Waals surface area contributed by atoms with Gasteiger partial charge >= 0.3 is 0 Å². The molecule has 92 valence electrons. The minimum atomic E-state index is 0.570. The minimum Gasteiger partial charge on any atom is -0.369 e. The topological polar surface area (TPSA) is 61.7 Å². The molecule has 3 rings (SSSR count). The molecular formula is C13H15N5. The summed E-state index contributed by atoms with van der Waals surface area (Å²) in [4.78, 5) is 4.35. The Bertz CT molecular complexity index is 680. The molecule has 0 atom stereocenters. The molecule has 0 saturated heterocycles. The van der Waals surface area contributed by atoms with Crippen LogP contribution in [0.25, 0.3) is 11.0 Å². The van der Waals surface area contributed by atoms with Crippen molar-refractivity contribution in [2.24, 2.45) is 7.05 Å². The lowest BCUT2D eigenvalue weighted by molar-refractivity contribution is 0.723. The van der Waals surface area contributed by atoms with Crippen molar-refractivity contribution in [3.05, 3.63) is 42.2 Å². The molecule has 2 heterocycles. The molecule has 0 aliphatic rings. The molecule has 18 heavy (non-hydrogen) atoms. The second kappa shape index (κ2) is 4.18. The molecule has 0 radical (unpaired) electrons. The molecule has 2 N–H and O–H groups in total. The zero-order valence-electron chi connectivity index (χ0n) is 10.2. The van der Waals surface area contributed by atoms with Crippen molar-refractivity contribution in [3.8, 4) is 0 Å². The number of hydrogen-bond donors (Lipinski definition) is 1. The molecule has 0 unspecified atom stereocenters. The van der Waals surface area contributed by atoms with Gasteiger partial charge in [-0.2, -0.15) is 5.10 Å². The summed E-state index contributed by atoms with van der Waals surface area (Å²) in [6.45, 7) is 0.818. The molecule has 0 aliphatic carbocycles. The quantitative estimate of drug-likeness (QED) is 0.757. The van der Waals surface area contributed by atoms with E-state index in [1.807, 2.05) is 53.0 Å². The third kappa shape index (κ3) is 1.84. The molecule has 2 aromatic heterocycles. The summed E-state index contributed by atoms with van der Waals surface area (Å²) in [6, 6.07) is 8.00. The van der Waals surface area contributed by atoms with Gasteiger partial charge in [0.15, 0.2) is 0 Å². The van der Waals surface area contributed by atoms with Crippen molar-refractivity contribution < 1.29 is 0 Å². The number of anilines is 1. The van der Waals surface area contributed by atoms with Gasteiger partial charge in [-0.25, -0.2) is 4.98 Å². The molecule has 0 fully saturated rings. The maximum atomic E-state index is 5.95. The van der Waals surface area contributed by atoms with Crippen molar-refractivity contribution in [3.63, 3.8) is 0 Å². The molecule has 1 aromatic carbocycles. The summed E-state index contributed by atoms with van der Waals surface area (Å²) in [5.74, 6) is 0.570. The van der Waals surface area contributed by atoms with Gasteiger partial charge in [-0.1, -0.05) is 12.1 Å². The van der Waals surface area contributed by atoms with E-state index in [-0.39, 0.29) is 0 Å². The molecule has 0 amide bonds. The number of rotatable bonds is 3. The number of aromatic nitrogens is 4. The van der Waals surface area contributed by atoms with Crippen molar-refractivity contribution in [1.29, 1.82) is 0 Å². The lowest BCUT2D eigenvalue weighted by Crippen LogP contribution is -2.05. The Kier molecular flexibility index (Phi) is 2.51. The highest BCUT2D eigenvalue weighted by atomic mass is 15.2. The first-order chi connectivity index (χ1) is 8.74. The SMILES string of the molecule is Cn1cc(CCn2c(N)nc3ccccc32)cn1. The van der Waals surface area contributed by atoms with Crippen LogP contribution in [0.15, 0.2) is 36.7 Å². The van der Waals surface area contributed by atoms with Crippen LogP contribution in [0.1, 0.15) is 5.56 Å². The predicted octanol–water partition coefficient (Wildman–Crippen LogP) is 1.59. The Morgan fingerprint density at radius 3 is 2.89 bits per heavy atom. The summed E-state index contributed by atoms with van der Waals surface area (Å²) in [5.41, 5.74) is 9.18. The normalized spacial score (nSPS) is 11.2. The summed E-state index contributed by atoms with van der Waals surface area (Å²) < 4.78 is 3.85. The van der Waals surface area contributed by atoms with E-state index in [1.54, 1.807) is 0 Å². The first-order valence-electron chi connectivity index (χ1n) is 5.92. The predicted molar refractivity (Wildman–Crippen MR) is 71.1 cm³/mol. The van der Waals surface area contributed by atoms with Crippen LogP contribution in [-0.4, -0.2) is 19.3 Å². The van der Waals surface area contributed by atoms with Crippen LogP contribution in [0.5, 0.6) is 0 Å². The third-order valence-corrected chi connectivity index (χ3v) is 3.07. The van der Waals surface area contributed by atoms with Crippen molar-refractivity contribution in [1.82, 2.24) is 19.3 Å². The number of para-hydroxylation sites is 2. The van der Waals surface area contributed by atoms with E-state index in [4.69, 9.17) is 5.73 Å². The molecule has 0 bridgehead atoms. The number of benzene rings is 1. The van der Waals surface area contributed by atoms with Crippen LogP contribution in [0.4, 0.5) is 5.95 Å². The number of hydrogen-bond acceptors (Lipinski definition) is 3. The van der Waals surface area contributed by atoms with Crippen molar-refractivity contribution in [2.75, 3.05) is 5.73 Å². The van der Waals surface area contributed by atoms with Gasteiger partial charge in [-0.3, -0.25) is 4.68 Å². The molecule has 0 spiro atoms. The van der Waals surface area contributed by atoms with Gasteiger partial charge in [0.1, 0.15) is 0 Å². The van der Waals surface area contributed by atoms with E-state index < -0.39 is 0 Å². The zero-order chi connectivity index (χ0) is 12.5. The average Bonchev–Trinajstić information content (AvgIpc) is 2.90. The van der Waals surface area contributed by atoms with Gasteiger partial charge in [0.2, 0.25) is 5.95 Å². The number of nitrogens with two attached hydrogens (primary N) is 1. The minimum absolute atomic E-state index is 0.570. The Morgan fingerprint density at radius 2 is 2.11 bits per heavy atom. The van der Waals surface area contributed by atoms with Crippen LogP contribution in [-0.2, 0) is 20.0 Å². The Balaban J connectivity index is 1.88. The number of fused-ring (bicyclic) bond motifs is 1. The summed E-state index contributed by atoms with van der Waals surface area (Å²) >= 11 is 0. The highest BCUT2D eigenvalue weighted by Crippen LogP contribution is 2.17.